The Morgan fingerprint density at radius 2 is 1.32 bits per heavy atom. The van der Waals surface area contributed by atoms with Crippen molar-refractivity contribution in [1.29, 1.82) is 5.26 Å². The number of carbonyl (C=O) groups excluding carboxylic acids is 1. The number of alkyl halides is 6. The number of fused-ring (bicyclic) bond motifs is 2. The molecule has 214 valence electrons. The minimum atomic E-state index is -4.44. The van der Waals surface area contributed by atoms with Gasteiger partial charge < -0.3 is 15.2 Å². The van der Waals surface area contributed by atoms with Crippen molar-refractivity contribution in [3.8, 4) is 17.8 Å². The van der Waals surface area contributed by atoms with Crippen molar-refractivity contribution in [2.45, 2.75) is 44.8 Å². The van der Waals surface area contributed by atoms with E-state index >= 15 is 0 Å². The second kappa shape index (κ2) is 11.0. The van der Waals surface area contributed by atoms with E-state index in [0.717, 1.165) is 24.3 Å². The van der Waals surface area contributed by atoms with Crippen molar-refractivity contribution in [1.82, 2.24) is 19.6 Å². The maximum absolute atomic E-state index is 12.7. The Hall–Kier alpha value is -4.32. The van der Waals surface area contributed by atoms with E-state index in [2.05, 4.69) is 10.2 Å². The van der Waals surface area contributed by atoms with Crippen LogP contribution >= 0.6 is 0 Å². The van der Waals surface area contributed by atoms with Gasteiger partial charge in [0.1, 0.15) is 12.1 Å². The van der Waals surface area contributed by atoms with Gasteiger partial charge in [0, 0.05) is 0 Å². The summed E-state index contributed by atoms with van der Waals surface area (Å²) in [5, 5.41) is 17.8. The molecule has 0 radical (unpaired) electrons. The number of methoxy groups -OCH3 is 2. The van der Waals surface area contributed by atoms with E-state index in [9.17, 15) is 31.1 Å². The molecule has 4 aromatic rings. The number of ketones is 1. The van der Waals surface area contributed by atoms with Gasteiger partial charge in [0.2, 0.25) is 11.8 Å². The van der Waals surface area contributed by atoms with Gasteiger partial charge in [-0.15, -0.1) is 0 Å². The summed E-state index contributed by atoms with van der Waals surface area (Å²) in [4.78, 5) is 11.1. The SMILES string of the molecule is COc1c2ccc(C(F)(F)F)cc2nn1CC(C)(N)C#N.COc1c2ccc(C(F)(F)F)cc2nn1CC(C)=O. The summed E-state index contributed by atoms with van der Waals surface area (Å²) < 4.78 is 88.7. The number of rotatable bonds is 6. The van der Waals surface area contributed by atoms with Gasteiger partial charge in [-0.3, -0.25) is 4.79 Å². The van der Waals surface area contributed by atoms with Gasteiger partial charge in [-0.05, 0) is 50.2 Å². The molecule has 1 atom stereocenters. The number of nitrogens with two attached hydrogens (primary N) is 1. The van der Waals surface area contributed by atoms with Crippen LogP contribution in [0.5, 0.6) is 11.8 Å². The number of nitriles is 1. The number of aromatic nitrogens is 4. The van der Waals surface area contributed by atoms with Crippen LogP contribution in [-0.2, 0) is 30.2 Å². The van der Waals surface area contributed by atoms with Gasteiger partial charge >= 0.3 is 12.4 Å². The molecule has 1 unspecified atom stereocenters. The fraction of sp³-hybridized carbons (Fsp3) is 0.360. The topological polar surface area (TPSA) is 121 Å². The molecule has 0 spiro atoms. The summed E-state index contributed by atoms with van der Waals surface area (Å²) in [6.45, 7) is 2.83. The normalized spacial score (nSPS) is 13.3. The van der Waals surface area contributed by atoms with Gasteiger partial charge in [-0.2, -0.15) is 41.8 Å². The molecule has 0 aliphatic rings. The van der Waals surface area contributed by atoms with E-state index in [1.165, 1.54) is 49.6 Å². The molecular weight excluding hydrogens is 546 g/mol. The van der Waals surface area contributed by atoms with Gasteiger partial charge in [-0.25, -0.2) is 9.36 Å². The van der Waals surface area contributed by atoms with E-state index in [1.54, 1.807) is 0 Å². The third-order valence-electron chi connectivity index (χ3n) is 5.53. The lowest BCUT2D eigenvalue weighted by Gasteiger charge is -2.16. The molecule has 0 aliphatic carbocycles. The zero-order chi connectivity index (χ0) is 30.0. The number of ether oxygens (including phenoxy) is 2. The number of hydrogen-bond donors (Lipinski definition) is 1. The molecule has 0 saturated heterocycles. The number of nitrogens with zero attached hydrogens (tertiary/aromatic N) is 5. The quantitative estimate of drug-likeness (QED) is 0.326. The Kier molecular flexibility index (Phi) is 8.35. The number of halogens is 6. The largest absolute Gasteiger partial charge is 0.481 e. The third kappa shape index (κ3) is 6.63. The lowest BCUT2D eigenvalue weighted by molar-refractivity contribution is -0.138. The summed E-state index contributed by atoms with van der Waals surface area (Å²) in [5.74, 6) is 0.381. The predicted octanol–water partition coefficient (Wildman–Crippen LogP) is 4.96. The molecule has 2 N–H and O–H groups in total. The monoisotopic (exact) mass is 570 g/mol. The van der Waals surface area contributed by atoms with Crippen LogP contribution in [0.15, 0.2) is 36.4 Å². The molecule has 0 saturated carbocycles. The maximum Gasteiger partial charge on any atom is 0.416 e. The number of carbonyl (C=O) groups is 1. The van der Waals surface area contributed by atoms with Crippen LogP contribution in [0.25, 0.3) is 21.8 Å². The second-order valence-corrected chi connectivity index (χ2v) is 9.02. The van der Waals surface area contributed by atoms with Crippen molar-refractivity contribution in [2.75, 3.05) is 14.2 Å². The summed E-state index contributed by atoms with van der Waals surface area (Å²) in [5.41, 5.74) is 3.23. The summed E-state index contributed by atoms with van der Waals surface area (Å²) in [6, 6.07) is 8.29. The van der Waals surface area contributed by atoms with E-state index in [1.807, 2.05) is 6.07 Å². The van der Waals surface area contributed by atoms with Crippen molar-refractivity contribution < 1.29 is 40.6 Å². The lowest BCUT2D eigenvalue weighted by atomic mass is 10.1. The molecular formula is C25H24F6N6O3. The van der Waals surface area contributed by atoms with Gasteiger partial charge in [0.15, 0.2) is 5.78 Å². The van der Waals surface area contributed by atoms with Gasteiger partial charge in [-0.1, -0.05) is 0 Å². The first kappa shape index (κ1) is 30.2. The molecule has 0 aliphatic heterocycles. The second-order valence-electron chi connectivity index (χ2n) is 9.02. The standard InChI is InChI=1S/C13H13F3N4O.C12H11F3N2O2/c1-12(18,6-17)7-20-11(21-2)9-4-3-8(13(14,15)16)5-10(9)19-20;1-7(18)6-17-11(19-2)9-4-3-8(12(13,14)15)5-10(9)16-17/h3-5H,7,18H2,1-2H3;3-5H,6H2,1-2H3. The van der Waals surface area contributed by atoms with Crippen molar-refractivity contribution in [3.05, 3.63) is 47.5 Å². The van der Waals surface area contributed by atoms with Crippen LogP contribution < -0.4 is 15.2 Å². The summed E-state index contributed by atoms with van der Waals surface area (Å²) in [7, 11) is 2.76. The first-order chi connectivity index (χ1) is 18.5. The van der Waals surface area contributed by atoms with Crippen LogP contribution in [0.4, 0.5) is 26.3 Å². The third-order valence-corrected chi connectivity index (χ3v) is 5.53. The zero-order valence-electron chi connectivity index (χ0n) is 21.7. The van der Waals surface area contributed by atoms with E-state index in [0.29, 0.717) is 10.8 Å². The highest BCUT2D eigenvalue weighted by Crippen LogP contribution is 2.35. The Morgan fingerprint density at radius 3 is 1.70 bits per heavy atom. The highest BCUT2D eigenvalue weighted by Gasteiger charge is 2.32. The first-order valence-electron chi connectivity index (χ1n) is 11.4. The molecule has 2 heterocycles. The zero-order valence-corrected chi connectivity index (χ0v) is 21.7. The number of Topliss-reactive ketones (excluding diaryl/α,β-unsaturated/α-hetero) is 1. The van der Waals surface area contributed by atoms with E-state index in [4.69, 9.17) is 20.5 Å². The molecule has 0 bridgehead atoms. The molecule has 40 heavy (non-hydrogen) atoms. The van der Waals surface area contributed by atoms with Crippen molar-refractivity contribution >= 4 is 27.6 Å². The molecule has 2 aromatic heterocycles. The van der Waals surface area contributed by atoms with Crippen molar-refractivity contribution in [3.63, 3.8) is 0 Å². The van der Waals surface area contributed by atoms with Crippen LogP contribution in [0.2, 0.25) is 0 Å². The highest BCUT2D eigenvalue weighted by atomic mass is 19.4. The van der Waals surface area contributed by atoms with Gasteiger partial charge in [0.05, 0.1) is 59.8 Å². The van der Waals surface area contributed by atoms with E-state index < -0.39 is 29.0 Å². The minimum Gasteiger partial charge on any atom is -0.481 e. The van der Waals surface area contributed by atoms with Crippen LogP contribution in [-0.4, -0.2) is 45.1 Å². The van der Waals surface area contributed by atoms with Crippen LogP contribution in [0.1, 0.15) is 25.0 Å². The fourth-order valence-electron chi connectivity index (χ4n) is 3.77. The Bertz CT molecular complexity index is 1580. The highest BCUT2D eigenvalue weighted by molar-refractivity contribution is 5.86. The minimum absolute atomic E-state index is 0.00268. The van der Waals surface area contributed by atoms with Crippen molar-refractivity contribution in [2.24, 2.45) is 5.73 Å². The van der Waals surface area contributed by atoms with Crippen LogP contribution in [0.3, 0.4) is 0 Å². The average Bonchev–Trinajstić information content (AvgIpc) is 3.37. The van der Waals surface area contributed by atoms with Crippen LogP contribution in [0, 0.1) is 11.3 Å². The van der Waals surface area contributed by atoms with Gasteiger partial charge in [0.25, 0.3) is 0 Å². The maximum atomic E-state index is 12.7. The lowest BCUT2D eigenvalue weighted by Crippen LogP contribution is -2.39. The fourth-order valence-corrected chi connectivity index (χ4v) is 3.77. The molecule has 2 aromatic carbocycles. The molecule has 0 fully saturated rings. The predicted molar refractivity (Wildman–Crippen MR) is 131 cm³/mol. The number of benzene rings is 2. The molecule has 9 nitrogen and oxygen atoms in total. The Balaban J connectivity index is 0.000000222. The number of hydrogen-bond acceptors (Lipinski definition) is 7. The Morgan fingerprint density at radius 1 is 0.900 bits per heavy atom. The smallest absolute Gasteiger partial charge is 0.416 e. The summed E-state index contributed by atoms with van der Waals surface area (Å²) in [6.07, 6.45) is -8.87. The first-order valence-corrected chi connectivity index (χ1v) is 11.4. The van der Waals surface area contributed by atoms with E-state index in [-0.39, 0.29) is 41.7 Å². The molecule has 0 amide bonds. The molecule has 15 heteroatoms. The molecule has 4 rings (SSSR count). The Labute approximate surface area is 223 Å². The average molecular weight is 570 g/mol. The summed E-state index contributed by atoms with van der Waals surface area (Å²) >= 11 is 0.